The first-order chi connectivity index (χ1) is 8.79. The van der Waals surface area contributed by atoms with Gasteiger partial charge in [-0.1, -0.05) is 65.8 Å². The highest BCUT2D eigenvalue weighted by atomic mass is 16.3. The maximum Gasteiger partial charge on any atom is 0.127 e. The van der Waals surface area contributed by atoms with Crippen molar-refractivity contribution in [1.29, 1.82) is 0 Å². The molecule has 2 heteroatoms. The molecular weight excluding hydrogens is 224 g/mol. The number of benzene rings is 2. The fourth-order valence-electron chi connectivity index (χ4n) is 1.30. The van der Waals surface area contributed by atoms with Gasteiger partial charge < -0.3 is 10.2 Å². The summed E-state index contributed by atoms with van der Waals surface area (Å²) in [5, 5.41) is 20.1. The Hall–Kier alpha value is -1.70. The summed E-state index contributed by atoms with van der Waals surface area (Å²) in [4.78, 5) is 0. The number of hydrogen-bond donors (Lipinski definition) is 2. The topological polar surface area (TPSA) is 40.5 Å². The van der Waals surface area contributed by atoms with Gasteiger partial charge in [-0.05, 0) is 17.5 Å². The third-order valence-electron chi connectivity index (χ3n) is 1.86. The minimum absolute atomic E-state index is 0.116. The molecule has 0 aromatic heterocycles. The Morgan fingerprint density at radius 3 is 1.22 bits per heavy atom. The zero-order valence-electron chi connectivity index (χ0n) is 12.4. The summed E-state index contributed by atoms with van der Waals surface area (Å²) in [6.45, 7) is 12.0. The molecule has 0 saturated heterocycles. The van der Waals surface area contributed by atoms with E-state index in [9.17, 15) is 10.2 Å². The predicted octanol–water partition coefficient (Wildman–Crippen LogP) is 5.33. The maximum absolute atomic E-state index is 9.39. The van der Waals surface area contributed by atoms with Crippen LogP contribution in [0.15, 0.2) is 36.4 Å². The molecule has 0 atom stereocenters. The van der Waals surface area contributed by atoms with E-state index < -0.39 is 0 Å². The Bertz CT molecular complexity index is 386. The number of aromatic hydroxyl groups is 2. The van der Waals surface area contributed by atoms with Crippen LogP contribution in [-0.2, 0) is 0 Å². The Morgan fingerprint density at radius 1 is 0.611 bits per heavy atom. The minimum Gasteiger partial charge on any atom is -0.507 e. The second kappa shape index (κ2) is 11.8. The van der Waals surface area contributed by atoms with Crippen molar-refractivity contribution in [2.75, 3.05) is 0 Å². The van der Waals surface area contributed by atoms with Gasteiger partial charge in [0.1, 0.15) is 11.5 Å². The lowest BCUT2D eigenvalue weighted by atomic mass is 10.1. The highest BCUT2D eigenvalue weighted by molar-refractivity contribution is 5.93. The number of phenolic OH excluding ortho intramolecular Hbond substituents is 2. The molecule has 0 aliphatic rings. The number of fused-ring (bicyclic) bond motifs is 1. The van der Waals surface area contributed by atoms with E-state index in [0.717, 1.165) is 5.39 Å². The molecule has 0 heterocycles. The lowest BCUT2D eigenvalue weighted by Crippen LogP contribution is -1.73. The summed E-state index contributed by atoms with van der Waals surface area (Å²) < 4.78 is 0. The van der Waals surface area contributed by atoms with Crippen LogP contribution in [-0.4, -0.2) is 10.2 Å². The van der Waals surface area contributed by atoms with Gasteiger partial charge in [0.2, 0.25) is 0 Å². The molecule has 0 aliphatic heterocycles. The Morgan fingerprint density at radius 2 is 0.944 bits per heavy atom. The zero-order chi connectivity index (χ0) is 14.6. The smallest absolute Gasteiger partial charge is 0.127 e. The molecule has 2 N–H and O–H groups in total. The first-order valence-corrected chi connectivity index (χ1v) is 6.69. The number of rotatable bonds is 0. The highest BCUT2D eigenvalue weighted by Gasteiger charge is 2.02. The van der Waals surface area contributed by atoms with E-state index in [1.165, 1.54) is 0 Å². The van der Waals surface area contributed by atoms with Crippen molar-refractivity contribution in [3.05, 3.63) is 36.4 Å². The first-order valence-electron chi connectivity index (χ1n) is 6.69. The molecule has 2 nitrogen and oxygen atoms in total. The molecule has 0 radical (unpaired) electrons. The van der Waals surface area contributed by atoms with Gasteiger partial charge in [0, 0.05) is 0 Å². The minimum atomic E-state index is 0.116. The van der Waals surface area contributed by atoms with Gasteiger partial charge in [-0.2, -0.15) is 0 Å². The quantitative estimate of drug-likeness (QED) is 0.663. The normalized spacial score (nSPS) is 7.89. The van der Waals surface area contributed by atoms with E-state index >= 15 is 0 Å². The molecule has 2 aromatic carbocycles. The van der Waals surface area contributed by atoms with E-state index in [-0.39, 0.29) is 11.5 Å². The molecule has 18 heavy (non-hydrogen) atoms. The third-order valence-corrected chi connectivity index (χ3v) is 1.86. The SMILES string of the molecule is CC.CC.CC.Oc1cccc2cccc(O)c12. The number of phenols is 2. The average molecular weight is 250 g/mol. The monoisotopic (exact) mass is 250 g/mol. The van der Waals surface area contributed by atoms with Gasteiger partial charge in [-0.15, -0.1) is 0 Å². The Kier molecular flexibility index (Phi) is 12.2. The van der Waals surface area contributed by atoms with Crippen molar-refractivity contribution in [3.63, 3.8) is 0 Å². The van der Waals surface area contributed by atoms with Gasteiger partial charge in [0.25, 0.3) is 0 Å². The summed E-state index contributed by atoms with van der Waals surface area (Å²) in [7, 11) is 0. The fourth-order valence-corrected chi connectivity index (χ4v) is 1.30. The summed E-state index contributed by atoms with van der Waals surface area (Å²) in [6, 6.07) is 10.3. The van der Waals surface area contributed by atoms with Crippen LogP contribution in [0.2, 0.25) is 0 Å². The van der Waals surface area contributed by atoms with Gasteiger partial charge in [0.05, 0.1) is 5.39 Å². The van der Waals surface area contributed by atoms with Gasteiger partial charge in [-0.25, -0.2) is 0 Å². The summed E-state index contributed by atoms with van der Waals surface area (Å²) >= 11 is 0. The van der Waals surface area contributed by atoms with E-state index in [0.29, 0.717) is 5.39 Å². The number of hydrogen-bond acceptors (Lipinski definition) is 2. The summed E-state index contributed by atoms with van der Waals surface area (Å²) in [6.07, 6.45) is 0. The first kappa shape index (κ1) is 18.7. The molecular formula is C16H26O2. The van der Waals surface area contributed by atoms with Crippen LogP contribution in [0.25, 0.3) is 10.8 Å². The lowest BCUT2D eigenvalue weighted by molar-refractivity contribution is 0.464. The molecule has 0 unspecified atom stereocenters. The van der Waals surface area contributed by atoms with Crippen LogP contribution in [0, 0.1) is 0 Å². The molecule has 0 bridgehead atoms. The molecule has 2 aromatic rings. The third kappa shape index (κ3) is 5.09. The van der Waals surface area contributed by atoms with Crippen molar-refractivity contribution in [2.45, 2.75) is 41.5 Å². The van der Waals surface area contributed by atoms with Crippen LogP contribution in [0.3, 0.4) is 0 Å². The van der Waals surface area contributed by atoms with Crippen LogP contribution in [0.5, 0.6) is 11.5 Å². The van der Waals surface area contributed by atoms with Gasteiger partial charge in [-0.3, -0.25) is 0 Å². The van der Waals surface area contributed by atoms with E-state index in [1.54, 1.807) is 24.3 Å². The zero-order valence-corrected chi connectivity index (χ0v) is 12.4. The van der Waals surface area contributed by atoms with Gasteiger partial charge in [0.15, 0.2) is 0 Å². The van der Waals surface area contributed by atoms with Gasteiger partial charge >= 0.3 is 0 Å². The summed E-state index contributed by atoms with van der Waals surface area (Å²) in [5.41, 5.74) is 0. The Labute approximate surface area is 111 Å². The standard InChI is InChI=1S/C10H8O2.3C2H6/c11-8-5-1-3-7-4-2-6-9(12)10(7)8;3*1-2/h1-6,11-12H;3*1-2H3. The second-order valence-electron chi connectivity index (χ2n) is 2.65. The molecule has 2 rings (SSSR count). The molecule has 0 amide bonds. The van der Waals surface area contributed by atoms with Crippen LogP contribution in [0.1, 0.15) is 41.5 Å². The Balaban J connectivity index is 0. The van der Waals surface area contributed by atoms with Crippen LogP contribution < -0.4 is 0 Å². The fraction of sp³-hybridized carbons (Fsp3) is 0.375. The second-order valence-corrected chi connectivity index (χ2v) is 2.65. The van der Waals surface area contributed by atoms with Crippen molar-refractivity contribution in [1.82, 2.24) is 0 Å². The van der Waals surface area contributed by atoms with E-state index in [4.69, 9.17) is 0 Å². The van der Waals surface area contributed by atoms with Crippen molar-refractivity contribution in [3.8, 4) is 11.5 Å². The largest absolute Gasteiger partial charge is 0.507 e. The molecule has 0 aliphatic carbocycles. The summed E-state index contributed by atoms with van der Waals surface area (Å²) in [5.74, 6) is 0.233. The van der Waals surface area contributed by atoms with Crippen molar-refractivity contribution >= 4 is 10.8 Å². The van der Waals surface area contributed by atoms with E-state index in [1.807, 2.05) is 53.7 Å². The van der Waals surface area contributed by atoms with E-state index in [2.05, 4.69) is 0 Å². The van der Waals surface area contributed by atoms with Crippen molar-refractivity contribution in [2.24, 2.45) is 0 Å². The molecule has 0 saturated carbocycles. The van der Waals surface area contributed by atoms with Crippen LogP contribution in [0.4, 0.5) is 0 Å². The molecule has 0 spiro atoms. The van der Waals surface area contributed by atoms with Crippen molar-refractivity contribution < 1.29 is 10.2 Å². The lowest BCUT2D eigenvalue weighted by Gasteiger charge is -2.01. The maximum atomic E-state index is 9.39. The van der Waals surface area contributed by atoms with Crippen LogP contribution >= 0.6 is 0 Å². The predicted molar refractivity (Wildman–Crippen MR) is 81.3 cm³/mol. The average Bonchev–Trinajstić information content (AvgIpc) is 2.46. The highest BCUT2D eigenvalue weighted by Crippen LogP contribution is 2.31. The molecule has 102 valence electrons. The molecule has 0 fully saturated rings.